The molecule has 0 aliphatic carbocycles. The normalized spacial score (nSPS) is 11.8. The number of hydrogen-bond acceptors (Lipinski definition) is 9. The Morgan fingerprint density at radius 3 is 2.66 bits per heavy atom. The van der Waals surface area contributed by atoms with Gasteiger partial charge in [0.15, 0.2) is 9.84 Å². The lowest BCUT2D eigenvalue weighted by atomic mass is 10.2. The number of rotatable bonds is 10. The first-order valence-electron chi connectivity index (χ1n) is 10.3. The summed E-state index contributed by atoms with van der Waals surface area (Å²) in [5.74, 6) is -0.0129. The Balaban J connectivity index is 1.75. The van der Waals surface area contributed by atoms with Gasteiger partial charge in [-0.3, -0.25) is 4.79 Å². The van der Waals surface area contributed by atoms with Gasteiger partial charge in [-0.05, 0) is 38.2 Å². The van der Waals surface area contributed by atoms with Crippen LogP contribution in [0.3, 0.4) is 0 Å². The van der Waals surface area contributed by atoms with Crippen molar-refractivity contribution in [3.05, 3.63) is 36.0 Å². The minimum Gasteiger partial charge on any atom is -0.463 e. The zero-order chi connectivity index (χ0) is 23.3. The van der Waals surface area contributed by atoms with Crippen LogP contribution in [0, 0.1) is 6.92 Å². The maximum atomic E-state index is 12.3. The Kier molecular flexibility index (Phi) is 7.41. The van der Waals surface area contributed by atoms with E-state index >= 15 is 0 Å². The van der Waals surface area contributed by atoms with E-state index in [1.54, 1.807) is 25.1 Å². The summed E-state index contributed by atoms with van der Waals surface area (Å²) < 4.78 is 35.8. The van der Waals surface area contributed by atoms with Crippen LogP contribution in [0.15, 0.2) is 39.8 Å². The SMILES string of the molecule is CCN(CC)CCOC(=O)Cn1nc(C)cc1-c1nc(-c2cccc(S(C)(=O)=O)c2)no1. The predicted molar refractivity (Wildman–Crippen MR) is 118 cm³/mol. The summed E-state index contributed by atoms with van der Waals surface area (Å²) in [6.45, 7) is 8.56. The molecule has 0 radical (unpaired) electrons. The van der Waals surface area contributed by atoms with Crippen molar-refractivity contribution in [3.63, 3.8) is 0 Å². The number of benzene rings is 1. The van der Waals surface area contributed by atoms with E-state index in [9.17, 15) is 13.2 Å². The minimum atomic E-state index is -3.37. The lowest BCUT2D eigenvalue weighted by Crippen LogP contribution is -2.28. The molecule has 0 spiro atoms. The molecule has 11 heteroatoms. The van der Waals surface area contributed by atoms with Crippen LogP contribution in [0.1, 0.15) is 19.5 Å². The number of aryl methyl sites for hydroxylation is 1. The average molecular weight is 462 g/mol. The highest BCUT2D eigenvalue weighted by Gasteiger charge is 2.19. The fraction of sp³-hybridized carbons (Fsp3) is 0.429. The van der Waals surface area contributed by atoms with Gasteiger partial charge >= 0.3 is 5.97 Å². The number of nitrogens with zero attached hydrogens (tertiary/aromatic N) is 5. The monoisotopic (exact) mass is 461 g/mol. The van der Waals surface area contributed by atoms with Crippen molar-refractivity contribution >= 4 is 15.8 Å². The van der Waals surface area contributed by atoms with Crippen LogP contribution < -0.4 is 0 Å². The van der Waals surface area contributed by atoms with Crippen molar-refractivity contribution in [2.24, 2.45) is 0 Å². The lowest BCUT2D eigenvalue weighted by molar-refractivity contribution is -0.144. The molecule has 0 amide bonds. The van der Waals surface area contributed by atoms with E-state index in [0.717, 1.165) is 19.3 Å². The van der Waals surface area contributed by atoms with Crippen LogP contribution in [0.25, 0.3) is 23.0 Å². The van der Waals surface area contributed by atoms with Crippen molar-refractivity contribution in [2.75, 3.05) is 32.5 Å². The standard InChI is InChI=1S/C21H27N5O5S/c1-5-25(6-2)10-11-30-19(27)14-26-18(12-15(3)23-26)21-22-20(24-31-21)16-8-7-9-17(13-16)32(4,28)29/h7-9,12-13H,5-6,10-11,14H2,1-4H3. The van der Waals surface area contributed by atoms with Gasteiger partial charge in [-0.25, -0.2) is 13.1 Å². The van der Waals surface area contributed by atoms with E-state index in [4.69, 9.17) is 9.26 Å². The number of carbonyl (C=O) groups is 1. The summed E-state index contributed by atoms with van der Waals surface area (Å²) in [6, 6.07) is 8.03. The molecule has 3 rings (SSSR count). The number of sulfone groups is 1. The Morgan fingerprint density at radius 1 is 1.22 bits per heavy atom. The van der Waals surface area contributed by atoms with Crippen molar-refractivity contribution in [3.8, 4) is 23.0 Å². The summed E-state index contributed by atoms with van der Waals surface area (Å²) in [5, 5.41) is 8.29. The summed E-state index contributed by atoms with van der Waals surface area (Å²) in [6.07, 6.45) is 1.14. The quantitative estimate of drug-likeness (QED) is 0.418. The van der Waals surface area contributed by atoms with Gasteiger partial charge in [0.05, 0.1) is 10.6 Å². The first-order valence-corrected chi connectivity index (χ1v) is 12.2. The van der Waals surface area contributed by atoms with E-state index in [0.29, 0.717) is 30.1 Å². The molecule has 0 unspecified atom stereocenters. The van der Waals surface area contributed by atoms with Gasteiger partial charge in [0.25, 0.3) is 5.89 Å². The number of ether oxygens (including phenoxy) is 1. The molecule has 0 bridgehead atoms. The van der Waals surface area contributed by atoms with Crippen LogP contribution in [0.2, 0.25) is 0 Å². The molecule has 0 atom stereocenters. The predicted octanol–water partition coefficient (Wildman–Crippen LogP) is 2.20. The van der Waals surface area contributed by atoms with Crippen molar-refractivity contribution < 1.29 is 22.5 Å². The zero-order valence-electron chi connectivity index (χ0n) is 18.6. The van der Waals surface area contributed by atoms with Crippen LogP contribution in [-0.4, -0.2) is 71.7 Å². The number of carbonyl (C=O) groups excluding carboxylic acids is 1. The molecule has 0 N–H and O–H groups in total. The third-order valence-corrected chi connectivity index (χ3v) is 6.02. The minimum absolute atomic E-state index is 0.0945. The molecule has 0 aliphatic rings. The van der Waals surface area contributed by atoms with E-state index in [1.165, 1.54) is 16.8 Å². The van der Waals surface area contributed by atoms with E-state index in [2.05, 4.69) is 34.0 Å². The van der Waals surface area contributed by atoms with Gasteiger partial charge in [-0.15, -0.1) is 0 Å². The fourth-order valence-electron chi connectivity index (χ4n) is 3.15. The average Bonchev–Trinajstić information content (AvgIpc) is 3.37. The number of hydrogen-bond donors (Lipinski definition) is 0. The molecule has 0 fully saturated rings. The topological polar surface area (TPSA) is 120 Å². The Hall–Kier alpha value is -3.05. The molecule has 10 nitrogen and oxygen atoms in total. The molecular formula is C21H27N5O5S. The fourth-order valence-corrected chi connectivity index (χ4v) is 3.81. The van der Waals surface area contributed by atoms with Crippen LogP contribution in [0.4, 0.5) is 0 Å². The summed E-state index contributed by atoms with van der Waals surface area (Å²) in [5.41, 5.74) is 1.65. The summed E-state index contributed by atoms with van der Waals surface area (Å²) in [7, 11) is -3.37. The van der Waals surface area contributed by atoms with Gasteiger partial charge in [0, 0.05) is 18.4 Å². The Bertz CT molecular complexity index is 1180. The van der Waals surface area contributed by atoms with Crippen LogP contribution in [-0.2, 0) is 25.9 Å². The first-order chi connectivity index (χ1) is 15.2. The number of aromatic nitrogens is 4. The third-order valence-electron chi connectivity index (χ3n) is 4.91. The maximum Gasteiger partial charge on any atom is 0.327 e. The van der Waals surface area contributed by atoms with Crippen LogP contribution >= 0.6 is 0 Å². The van der Waals surface area contributed by atoms with Crippen LogP contribution in [0.5, 0.6) is 0 Å². The largest absolute Gasteiger partial charge is 0.463 e. The molecule has 2 heterocycles. The summed E-state index contributed by atoms with van der Waals surface area (Å²) >= 11 is 0. The van der Waals surface area contributed by atoms with Gasteiger partial charge in [0.2, 0.25) is 5.82 Å². The summed E-state index contributed by atoms with van der Waals surface area (Å²) in [4.78, 5) is 19.0. The lowest BCUT2D eigenvalue weighted by Gasteiger charge is -2.17. The maximum absolute atomic E-state index is 12.3. The van der Waals surface area contributed by atoms with Gasteiger partial charge < -0.3 is 14.2 Å². The number of likely N-dealkylation sites (N-methyl/N-ethyl adjacent to an activating group) is 1. The molecule has 0 saturated heterocycles. The van der Waals surface area contributed by atoms with Gasteiger partial charge in [-0.1, -0.05) is 31.1 Å². The molecular weight excluding hydrogens is 434 g/mol. The van der Waals surface area contributed by atoms with Crippen molar-refractivity contribution in [1.82, 2.24) is 24.8 Å². The highest BCUT2D eigenvalue weighted by Crippen LogP contribution is 2.24. The highest BCUT2D eigenvalue weighted by molar-refractivity contribution is 7.90. The Labute approximate surface area is 187 Å². The van der Waals surface area contributed by atoms with Gasteiger partial charge in [-0.2, -0.15) is 10.1 Å². The van der Waals surface area contributed by atoms with Crippen molar-refractivity contribution in [2.45, 2.75) is 32.2 Å². The Morgan fingerprint density at radius 2 is 1.97 bits per heavy atom. The molecule has 172 valence electrons. The third kappa shape index (κ3) is 5.80. The van der Waals surface area contributed by atoms with Gasteiger partial charge in [0.1, 0.15) is 18.8 Å². The second kappa shape index (κ2) is 10.0. The molecule has 0 aliphatic heterocycles. The molecule has 0 saturated carbocycles. The van der Waals surface area contributed by atoms with E-state index in [-0.39, 0.29) is 23.2 Å². The first kappa shape index (κ1) is 23.6. The number of esters is 1. The van der Waals surface area contributed by atoms with E-state index < -0.39 is 15.8 Å². The smallest absolute Gasteiger partial charge is 0.327 e. The molecule has 1 aromatic carbocycles. The van der Waals surface area contributed by atoms with Crippen molar-refractivity contribution in [1.29, 1.82) is 0 Å². The molecule has 2 aromatic heterocycles. The highest BCUT2D eigenvalue weighted by atomic mass is 32.2. The van der Waals surface area contributed by atoms with E-state index in [1.807, 2.05) is 0 Å². The second-order valence-electron chi connectivity index (χ2n) is 7.30. The zero-order valence-corrected chi connectivity index (χ0v) is 19.4. The molecule has 3 aromatic rings. The molecule has 32 heavy (non-hydrogen) atoms. The second-order valence-corrected chi connectivity index (χ2v) is 9.31.